The summed E-state index contributed by atoms with van der Waals surface area (Å²) in [5.74, 6) is 1.64. The Morgan fingerprint density at radius 3 is 2.39 bits per heavy atom. The lowest BCUT2D eigenvalue weighted by Gasteiger charge is -2.11. The first-order valence-electron chi connectivity index (χ1n) is 7.80. The van der Waals surface area contributed by atoms with Crippen LogP contribution in [0.3, 0.4) is 0 Å². The lowest BCUT2D eigenvalue weighted by atomic mass is 10.1. The van der Waals surface area contributed by atoms with Crippen LogP contribution in [0.2, 0.25) is 0 Å². The Bertz CT molecular complexity index is 611. The molecule has 0 unspecified atom stereocenters. The Kier molecular flexibility index (Phi) is 8.32. The lowest BCUT2D eigenvalue weighted by Crippen LogP contribution is -2.38. The van der Waals surface area contributed by atoms with E-state index in [9.17, 15) is 8.42 Å². The van der Waals surface area contributed by atoms with Crippen molar-refractivity contribution >= 4 is 39.8 Å². The molecular weight excluding hydrogens is 425 g/mol. The summed E-state index contributed by atoms with van der Waals surface area (Å²) in [5.41, 5.74) is 1.11. The predicted octanol–water partition coefficient (Wildman–Crippen LogP) is 2.22. The maximum Gasteiger partial charge on any atom is 0.191 e. The van der Waals surface area contributed by atoms with E-state index >= 15 is 0 Å². The molecule has 1 aliphatic carbocycles. The highest BCUT2D eigenvalue weighted by molar-refractivity contribution is 14.0. The SMILES string of the molecule is CCNC(=NCC1CC1)NCCc1ccc(S(C)(=O)=O)cc1.I. The van der Waals surface area contributed by atoms with E-state index in [0.29, 0.717) is 4.90 Å². The number of halogens is 1. The van der Waals surface area contributed by atoms with Crippen LogP contribution in [0, 0.1) is 5.92 Å². The standard InChI is InChI=1S/C16H25N3O2S.HI/c1-3-17-16(19-12-14-4-5-14)18-11-10-13-6-8-15(9-7-13)22(2,20)21;/h6-9,14H,3-5,10-12H2,1-2H3,(H2,17,18,19);1H. The topological polar surface area (TPSA) is 70.6 Å². The predicted molar refractivity (Wildman–Crippen MR) is 105 cm³/mol. The quantitative estimate of drug-likeness (QED) is 0.379. The molecule has 0 spiro atoms. The third-order valence-electron chi connectivity index (χ3n) is 3.61. The van der Waals surface area contributed by atoms with Crippen LogP contribution in [-0.2, 0) is 16.3 Å². The van der Waals surface area contributed by atoms with Gasteiger partial charge in [0.05, 0.1) is 4.90 Å². The van der Waals surface area contributed by atoms with Crippen molar-refractivity contribution in [2.75, 3.05) is 25.9 Å². The van der Waals surface area contributed by atoms with E-state index in [-0.39, 0.29) is 24.0 Å². The van der Waals surface area contributed by atoms with E-state index in [0.717, 1.165) is 43.5 Å². The van der Waals surface area contributed by atoms with Crippen molar-refractivity contribution in [3.8, 4) is 0 Å². The Hall–Kier alpha value is -0.830. The van der Waals surface area contributed by atoms with Crippen LogP contribution in [0.5, 0.6) is 0 Å². The highest BCUT2D eigenvalue weighted by Crippen LogP contribution is 2.28. The molecule has 2 N–H and O–H groups in total. The highest BCUT2D eigenvalue weighted by atomic mass is 127. The van der Waals surface area contributed by atoms with Crippen molar-refractivity contribution in [3.63, 3.8) is 0 Å². The normalized spacial score (nSPS) is 15.0. The lowest BCUT2D eigenvalue weighted by molar-refractivity contribution is 0.602. The number of sulfone groups is 1. The third-order valence-corrected chi connectivity index (χ3v) is 4.73. The molecule has 0 bridgehead atoms. The first-order valence-corrected chi connectivity index (χ1v) is 9.69. The van der Waals surface area contributed by atoms with Crippen molar-refractivity contribution in [1.82, 2.24) is 10.6 Å². The molecule has 1 aliphatic rings. The van der Waals surface area contributed by atoms with Gasteiger partial charge in [-0.15, -0.1) is 24.0 Å². The molecule has 0 aromatic heterocycles. The van der Waals surface area contributed by atoms with E-state index in [4.69, 9.17) is 0 Å². The number of benzene rings is 1. The largest absolute Gasteiger partial charge is 0.357 e. The van der Waals surface area contributed by atoms with Crippen molar-refractivity contribution in [2.45, 2.75) is 31.1 Å². The summed E-state index contributed by atoms with van der Waals surface area (Å²) in [4.78, 5) is 4.93. The summed E-state index contributed by atoms with van der Waals surface area (Å²) in [6.07, 6.45) is 4.66. The second kappa shape index (κ2) is 9.46. The van der Waals surface area contributed by atoms with Gasteiger partial charge in [0.15, 0.2) is 15.8 Å². The minimum Gasteiger partial charge on any atom is -0.357 e. The molecule has 1 aromatic rings. The molecular formula is C16H26IN3O2S. The van der Waals surface area contributed by atoms with Gasteiger partial charge < -0.3 is 10.6 Å². The fraction of sp³-hybridized carbons (Fsp3) is 0.562. The molecule has 0 heterocycles. The molecule has 0 atom stereocenters. The molecule has 0 amide bonds. The van der Waals surface area contributed by atoms with Crippen LogP contribution in [0.4, 0.5) is 0 Å². The highest BCUT2D eigenvalue weighted by Gasteiger charge is 2.20. The Labute approximate surface area is 156 Å². The van der Waals surface area contributed by atoms with Gasteiger partial charge in [-0.2, -0.15) is 0 Å². The first kappa shape index (κ1) is 20.2. The van der Waals surface area contributed by atoms with Crippen LogP contribution in [0.1, 0.15) is 25.3 Å². The molecule has 5 nitrogen and oxygen atoms in total. The van der Waals surface area contributed by atoms with Crippen molar-refractivity contribution < 1.29 is 8.42 Å². The van der Waals surface area contributed by atoms with Gasteiger partial charge in [0.2, 0.25) is 0 Å². The molecule has 23 heavy (non-hydrogen) atoms. The monoisotopic (exact) mass is 451 g/mol. The van der Waals surface area contributed by atoms with Crippen LogP contribution in [0.15, 0.2) is 34.2 Å². The maximum atomic E-state index is 11.4. The van der Waals surface area contributed by atoms with E-state index in [2.05, 4.69) is 22.5 Å². The van der Waals surface area contributed by atoms with E-state index in [1.807, 2.05) is 12.1 Å². The zero-order valence-corrected chi connectivity index (χ0v) is 16.9. The molecule has 1 fully saturated rings. The summed E-state index contributed by atoms with van der Waals surface area (Å²) in [7, 11) is -3.12. The summed E-state index contributed by atoms with van der Waals surface area (Å²) in [6, 6.07) is 7.06. The summed E-state index contributed by atoms with van der Waals surface area (Å²) in [6.45, 7) is 4.57. The average Bonchev–Trinajstić information content (AvgIpc) is 3.28. The zero-order chi connectivity index (χ0) is 16.0. The minimum atomic E-state index is -3.12. The number of rotatable bonds is 7. The van der Waals surface area contributed by atoms with Gasteiger partial charge in [0.25, 0.3) is 0 Å². The van der Waals surface area contributed by atoms with Crippen molar-refractivity contribution in [1.29, 1.82) is 0 Å². The Morgan fingerprint density at radius 2 is 1.87 bits per heavy atom. The molecule has 7 heteroatoms. The molecule has 0 aliphatic heterocycles. The summed E-state index contributed by atoms with van der Waals surface area (Å²) < 4.78 is 22.8. The summed E-state index contributed by atoms with van der Waals surface area (Å²) in [5, 5.41) is 6.56. The molecule has 0 radical (unpaired) electrons. The molecule has 0 saturated heterocycles. The number of guanidine groups is 1. The molecule has 1 aromatic carbocycles. The fourth-order valence-corrected chi connectivity index (χ4v) is 2.72. The van der Waals surface area contributed by atoms with Gasteiger partial charge in [-0.3, -0.25) is 4.99 Å². The molecule has 2 rings (SSSR count). The van der Waals surface area contributed by atoms with Crippen molar-refractivity contribution in [2.24, 2.45) is 10.9 Å². The molecule has 130 valence electrons. The van der Waals surface area contributed by atoms with Gasteiger partial charge in [-0.05, 0) is 49.8 Å². The van der Waals surface area contributed by atoms with Crippen LogP contribution < -0.4 is 10.6 Å². The minimum absolute atomic E-state index is 0. The second-order valence-corrected chi connectivity index (χ2v) is 7.77. The maximum absolute atomic E-state index is 11.4. The zero-order valence-electron chi connectivity index (χ0n) is 13.7. The molecule has 1 saturated carbocycles. The van der Waals surface area contributed by atoms with Crippen LogP contribution in [0.25, 0.3) is 0 Å². The Morgan fingerprint density at radius 1 is 1.22 bits per heavy atom. The number of aliphatic imine (C=N–C) groups is 1. The average molecular weight is 451 g/mol. The van der Waals surface area contributed by atoms with E-state index in [1.165, 1.54) is 19.1 Å². The number of nitrogens with one attached hydrogen (secondary N) is 2. The van der Waals surface area contributed by atoms with Gasteiger partial charge in [-0.25, -0.2) is 8.42 Å². The van der Waals surface area contributed by atoms with Crippen molar-refractivity contribution in [3.05, 3.63) is 29.8 Å². The third kappa shape index (κ3) is 7.52. The second-order valence-electron chi connectivity index (χ2n) is 5.76. The van der Waals surface area contributed by atoms with Gasteiger partial charge in [0, 0.05) is 25.9 Å². The fourth-order valence-electron chi connectivity index (χ4n) is 2.09. The van der Waals surface area contributed by atoms with Gasteiger partial charge in [-0.1, -0.05) is 12.1 Å². The van der Waals surface area contributed by atoms with E-state index < -0.39 is 9.84 Å². The van der Waals surface area contributed by atoms with E-state index in [1.54, 1.807) is 12.1 Å². The number of hydrogen-bond acceptors (Lipinski definition) is 3. The first-order chi connectivity index (χ1) is 10.5. The summed E-state index contributed by atoms with van der Waals surface area (Å²) >= 11 is 0. The van der Waals surface area contributed by atoms with Crippen LogP contribution >= 0.6 is 24.0 Å². The number of nitrogens with zero attached hydrogens (tertiary/aromatic N) is 1. The van der Waals surface area contributed by atoms with Gasteiger partial charge in [0.1, 0.15) is 0 Å². The number of hydrogen-bond donors (Lipinski definition) is 2. The van der Waals surface area contributed by atoms with Crippen LogP contribution in [-0.4, -0.2) is 40.3 Å². The Balaban J connectivity index is 0.00000264. The smallest absolute Gasteiger partial charge is 0.191 e. The van der Waals surface area contributed by atoms with Gasteiger partial charge >= 0.3 is 0 Å².